The Morgan fingerprint density at radius 1 is 0.962 bits per heavy atom. The van der Waals surface area contributed by atoms with Gasteiger partial charge in [-0.05, 0) is 56.5 Å². The van der Waals surface area contributed by atoms with Gasteiger partial charge in [-0.2, -0.15) is 0 Å². The topological polar surface area (TPSA) is 70.8 Å². The van der Waals surface area contributed by atoms with Gasteiger partial charge in [-0.1, -0.05) is 24.6 Å². The Labute approximate surface area is 155 Å². The van der Waals surface area contributed by atoms with Crippen LogP contribution in [0, 0.1) is 6.92 Å². The second kappa shape index (κ2) is 10.3. The van der Waals surface area contributed by atoms with Gasteiger partial charge in [-0.25, -0.2) is 4.79 Å². The molecule has 2 rings (SSSR count). The Bertz CT molecular complexity index is 698. The van der Waals surface area contributed by atoms with Gasteiger partial charge < -0.3 is 19.9 Å². The van der Waals surface area contributed by atoms with E-state index in [1.807, 2.05) is 38.1 Å². The number of carbonyl (C=O) groups excluding carboxylic acids is 1. The standard InChI is InChI=1S/C21H27NO4/c1-3-12-26-21(23)17-8-11-19(22)20(15-17)25-14-5-4-13-24-18-9-6-16(2)7-10-18/h6-11,15H,3-5,12-14,22H2,1-2H3. The van der Waals surface area contributed by atoms with E-state index < -0.39 is 0 Å². The first-order valence-corrected chi connectivity index (χ1v) is 8.99. The molecule has 0 saturated heterocycles. The molecule has 0 heterocycles. The van der Waals surface area contributed by atoms with Gasteiger partial charge in [0.2, 0.25) is 0 Å². The van der Waals surface area contributed by atoms with Gasteiger partial charge in [0.25, 0.3) is 0 Å². The summed E-state index contributed by atoms with van der Waals surface area (Å²) in [5.41, 5.74) is 8.09. The van der Waals surface area contributed by atoms with Gasteiger partial charge in [-0.3, -0.25) is 0 Å². The van der Waals surface area contributed by atoms with Crippen molar-refractivity contribution < 1.29 is 19.0 Å². The molecule has 0 amide bonds. The van der Waals surface area contributed by atoms with Crippen molar-refractivity contribution >= 4 is 11.7 Å². The third kappa shape index (κ3) is 6.31. The van der Waals surface area contributed by atoms with Gasteiger partial charge in [0.05, 0.1) is 31.1 Å². The molecule has 0 aromatic heterocycles. The van der Waals surface area contributed by atoms with Crippen molar-refractivity contribution in [2.75, 3.05) is 25.6 Å². The van der Waals surface area contributed by atoms with E-state index in [4.69, 9.17) is 19.9 Å². The molecule has 0 atom stereocenters. The largest absolute Gasteiger partial charge is 0.494 e. The highest BCUT2D eigenvalue weighted by Gasteiger charge is 2.10. The van der Waals surface area contributed by atoms with Crippen molar-refractivity contribution in [2.45, 2.75) is 33.1 Å². The van der Waals surface area contributed by atoms with Crippen LogP contribution >= 0.6 is 0 Å². The van der Waals surface area contributed by atoms with Gasteiger partial charge in [0.15, 0.2) is 0 Å². The summed E-state index contributed by atoms with van der Waals surface area (Å²) in [6.07, 6.45) is 2.48. The highest BCUT2D eigenvalue weighted by atomic mass is 16.5. The van der Waals surface area contributed by atoms with Crippen LogP contribution in [-0.4, -0.2) is 25.8 Å². The molecule has 26 heavy (non-hydrogen) atoms. The van der Waals surface area contributed by atoms with E-state index in [1.54, 1.807) is 18.2 Å². The lowest BCUT2D eigenvalue weighted by atomic mass is 10.2. The SMILES string of the molecule is CCCOC(=O)c1ccc(N)c(OCCCCOc2ccc(C)cc2)c1. The Hall–Kier alpha value is -2.69. The van der Waals surface area contributed by atoms with Crippen LogP contribution in [0.3, 0.4) is 0 Å². The number of benzene rings is 2. The second-order valence-corrected chi connectivity index (χ2v) is 6.11. The minimum Gasteiger partial charge on any atom is -0.494 e. The van der Waals surface area contributed by atoms with Crippen LogP contribution in [0.15, 0.2) is 42.5 Å². The summed E-state index contributed by atoms with van der Waals surface area (Å²) in [5.74, 6) is 1.03. The molecule has 5 heteroatoms. The van der Waals surface area contributed by atoms with Gasteiger partial charge >= 0.3 is 5.97 Å². The Kier molecular flexibility index (Phi) is 7.80. The minimum atomic E-state index is -0.358. The third-order valence-electron chi connectivity index (χ3n) is 3.77. The molecular formula is C21H27NO4. The lowest BCUT2D eigenvalue weighted by molar-refractivity contribution is 0.0504. The number of nitrogens with two attached hydrogens (primary N) is 1. The average molecular weight is 357 g/mol. The summed E-state index contributed by atoms with van der Waals surface area (Å²) >= 11 is 0. The van der Waals surface area contributed by atoms with Gasteiger partial charge in [0, 0.05) is 0 Å². The number of anilines is 1. The van der Waals surface area contributed by atoms with E-state index in [9.17, 15) is 4.79 Å². The maximum Gasteiger partial charge on any atom is 0.338 e. The summed E-state index contributed by atoms with van der Waals surface area (Å²) < 4.78 is 16.5. The zero-order chi connectivity index (χ0) is 18.8. The van der Waals surface area contributed by atoms with Crippen LogP contribution in [0.1, 0.15) is 42.1 Å². The van der Waals surface area contributed by atoms with Crippen molar-refractivity contribution in [1.82, 2.24) is 0 Å². The summed E-state index contributed by atoms with van der Waals surface area (Å²) in [4.78, 5) is 11.9. The maximum absolute atomic E-state index is 11.9. The number of hydrogen-bond donors (Lipinski definition) is 1. The molecule has 0 saturated carbocycles. The first kappa shape index (κ1) is 19.6. The van der Waals surface area contributed by atoms with E-state index in [-0.39, 0.29) is 5.97 Å². The zero-order valence-electron chi connectivity index (χ0n) is 15.5. The number of ether oxygens (including phenoxy) is 3. The molecular weight excluding hydrogens is 330 g/mol. The lowest BCUT2D eigenvalue weighted by Crippen LogP contribution is -2.08. The molecule has 0 fully saturated rings. The maximum atomic E-state index is 11.9. The Balaban J connectivity index is 1.73. The van der Waals surface area contributed by atoms with Crippen LogP contribution in [0.5, 0.6) is 11.5 Å². The highest BCUT2D eigenvalue weighted by Crippen LogP contribution is 2.23. The summed E-state index contributed by atoms with van der Waals surface area (Å²) in [6.45, 7) is 5.54. The summed E-state index contributed by atoms with van der Waals surface area (Å²) in [6, 6.07) is 12.9. The number of rotatable bonds is 10. The zero-order valence-corrected chi connectivity index (χ0v) is 15.5. The van der Waals surface area contributed by atoms with E-state index in [1.165, 1.54) is 5.56 Å². The predicted octanol–water partition coefficient (Wildman–Crippen LogP) is 4.38. The van der Waals surface area contributed by atoms with E-state index in [0.29, 0.717) is 36.8 Å². The molecule has 2 aromatic carbocycles. The fraction of sp³-hybridized carbons (Fsp3) is 0.381. The monoisotopic (exact) mass is 357 g/mol. The first-order valence-electron chi connectivity index (χ1n) is 8.99. The molecule has 0 aliphatic rings. The number of nitrogen functional groups attached to an aromatic ring is 1. The van der Waals surface area contributed by atoms with Gasteiger partial charge in [-0.15, -0.1) is 0 Å². The molecule has 0 spiro atoms. The summed E-state index contributed by atoms with van der Waals surface area (Å²) in [7, 11) is 0. The van der Waals surface area contributed by atoms with Crippen LogP contribution in [0.25, 0.3) is 0 Å². The molecule has 2 N–H and O–H groups in total. The summed E-state index contributed by atoms with van der Waals surface area (Å²) in [5, 5.41) is 0. The number of unbranched alkanes of at least 4 members (excludes halogenated alkanes) is 1. The highest BCUT2D eigenvalue weighted by molar-refractivity contribution is 5.90. The van der Waals surface area contributed by atoms with Crippen molar-refractivity contribution in [1.29, 1.82) is 0 Å². The minimum absolute atomic E-state index is 0.358. The fourth-order valence-electron chi connectivity index (χ4n) is 2.28. The molecule has 0 bridgehead atoms. The Morgan fingerprint density at radius 3 is 2.35 bits per heavy atom. The molecule has 5 nitrogen and oxygen atoms in total. The van der Waals surface area contributed by atoms with E-state index in [0.717, 1.165) is 25.0 Å². The van der Waals surface area contributed by atoms with Crippen LogP contribution in [-0.2, 0) is 4.74 Å². The smallest absolute Gasteiger partial charge is 0.338 e. The molecule has 2 aromatic rings. The molecule has 140 valence electrons. The van der Waals surface area contributed by atoms with Crippen LogP contribution < -0.4 is 15.2 Å². The van der Waals surface area contributed by atoms with Crippen LogP contribution in [0.4, 0.5) is 5.69 Å². The van der Waals surface area contributed by atoms with Crippen molar-refractivity contribution in [3.05, 3.63) is 53.6 Å². The van der Waals surface area contributed by atoms with Crippen molar-refractivity contribution in [3.8, 4) is 11.5 Å². The number of hydrogen-bond acceptors (Lipinski definition) is 5. The third-order valence-corrected chi connectivity index (χ3v) is 3.77. The lowest BCUT2D eigenvalue weighted by Gasteiger charge is -2.11. The molecule has 0 aliphatic heterocycles. The molecule has 0 aliphatic carbocycles. The van der Waals surface area contributed by atoms with E-state index >= 15 is 0 Å². The van der Waals surface area contributed by atoms with Crippen LogP contribution in [0.2, 0.25) is 0 Å². The fourth-order valence-corrected chi connectivity index (χ4v) is 2.28. The first-order chi connectivity index (χ1) is 12.6. The quantitative estimate of drug-likeness (QED) is 0.388. The molecule has 0 unspecified atom stereocenters. The van der Waals surface area contributed by atoms with Gasteiger partial charge in [0.1, 0.15) is 11.5 Å². The second-order valence-electron chi connectivity index (χ2n) is 6.11. The Morgan fingerprint density at radius 2 is 1.65 bits per heavy atom. The number of carbonyl (C=O) groups is 1. The normalized spacial score (nSPS) is 10.4. The number of aryl methyl sites for hydroxylation is 1. The van der Waals surface area contributed by atoms with Crippen molar-refractivity contribution in [3.63, 3.8) is 0 Å². The van der Waals surface area contributed by atoms with Crippen molar-refractivity contribution in [2.24, 2.45) is 0 Å². The average Bonchev–Trinajstić information content (AvgIpc) is 2.65. The van der Waals surface area contributed by atoms with E-state index in [2.05, 4.69) is 0 Å². The molecule has 0 radical (unpaired) electrons. The number of esters is 1. The predicted molar refractivity (Wildman–Crippen MR) is 103 cm³/mol.